The molecule has 1 aliphatic carbocycles. The van der Waals surface area contributed by atoms with Gasteiger partial charge in [0, 0.05) is 33.3 Å². The molecule has 1 aromatic heterocycles. The van der Waals surface area contributed by atoms with Gasteiger partial charge in [0.2, 0.25) is 0 Å². The maximum atomic E-state index is 10.5. The van der Waals surface area contributed by atoms with Gasteiger partial charge in [-0.3, -0.25) is 0 Å². The summed E-state index contributed by atoms with van der Waals surface area (Å²) in [6, 6.07) is 1.92. The molecule has 0 atom stereocenters. The fourth-order valence-electron chi connectivity index (χ4n) is 2.86. The third-order valence-electron chi connectivity index (χ3n) is 3.85. The van der Waals surface area contributed by atoms with Crippen molar-refractivity contribution in [3.63, 3.8) is 0 Å². The molecule has 118 valence electrons. The van der Waals surface area contributed by atoms with E-state index in [0.29, 0.717) is 19.0 Å². The van der Waals surface area contributed by atoms with Crippen LogP contribution in [0.4, 0.5) is 11.6 Å². The van der Waals surface area contributed by atoms with Crippen molar-refractivity contribution in [3.8, 4) is 0 Å². The number of aliphatic hydroxyl groups is 1. The van der Waals surface area contributed by atoms with Gasteiger partial charge in [-0.1, -0.05) is 12.8 Å². The quantitative estimate of drug-likeness (QED) is 0.799. The number of nitrogens with zero attached hydrogens (tertiary/aromatic N) is 3. The van der Waals surface area contributed by atoms with Gasteiger partial charge in [-0.25, -0.2) is 9.97 Å². The van der Waals surface area contributed by atoms with E-state index in [1.165, 1.54) is 0 Å². The van der Waals surface area contributed by atoms with Crippen molar-refractivity contribution in [2.75, 3.05) is 37.5 Å². The molecule has 1 fully saturated rings. The van der Waals surface area contributed by atoms with Gasteiger partial charge >= 0.3 is 0 Å². The zero-order chi connectivity index (χ0) is 15.3. The molecule has 0 radical (unpaired) electrons. The summed E-state index contributed by atoms with van der Waals surface area (Å²) in [7, 11) is 3.60. The first-order valence-electron chi connectivity index (χ1n) is 7.60. The lowest BCUT2D eigenvalue weighted by Gasteiger charge is -2.29. The second-order valence-electron chi connectivity index (χ2n) is 5.78. The molecule has 0 spiro atoms. The summed E-state index contributed by atoms with van der Waals surface area (Å²) in [6.45, 7) is 3.81. The molecular weight excluding hydrogens is 268 g/mol. The molecule has 1 aromatic rings. The molecule has 21 heavy (non-hydrogen) atoms. The summed E-state index contributed by atoms with van der Waals surface area (Å²) in [5.74, 6) is 2.25. The molecule has 0 aliphatic heterocycles. The van der Waals surface area contributed by atoms with E-state index >= 15 is 0 Å². The van der Waals surface area contributed by atoms with Crippen molar-refractivity contribution >= 4 is 11.6 Å². The van der Waals surface area contributed by atoms with Crippen molar-refractivity contribution in [2.45, 2.75) is 44.8 Å². The molecule has 6 heteroatoms. The maximum Gasteiger partial charge on any atom is 0.158 e. The Morgan fingerprint density at radius 3 is 2.71 bits per heavy atom. The van der Waals surface area contributed by atoms with E-state index in [4.69, 9.17) is 4.74 Å². The van der Waals surface area contributed by atoms with E-state index in [1.807, 2.05) is 24.9 Å². The number of nitrogens with one attached hydrogen (secondary N) is 1. The molecule has 2 N–H and O–H groups in total. The largest absolute Gasteiger partial charge is 0.388 e. The first kappa shape index (κ1) is 16.0. The summed E-state index contributed by atoms with van der Waals surface area (Å²) in [5, 5.41) is 13.8. The average Bonchev–Trinajstić information content (AvgIpc) is 2.85. The molecule has 1 heterocycles. The molecule has 1 aliphatic rings. The Morgan fingerprint density at radius 1 is 1.38 bits per heavy atom. The number of anilines is 2. The number of ether oxygens (including phenoxy) is 1. The van der Waals surface area contributed by atoms with E-state index in [0.717, 1.165) is 43.9 Å². The SMILES string of the molecule is CCNc1cc(N(C)CC2(O)CCCC2)nc(COC)n1. The Kier molecular flexibility index (Phi) is 5.36. The van der Waals surface area contributed by atoms with Gasteiger partial charge in [-0.05, 0) is 19.8 Å². The number of methoxy groups -OCH3 is 1. The lowest BCUT2D eigenvalue weighted by atomic mass is 10.0. The first-order valence-corrected chi connectivity index (χ1v) is 7.60. The molecule has 0 amide bonds. The van der Waals surface area contributed by atoms with Crippen molar-refractivity contribution in [3.05, 3.63) is 11.9 Å². The number of hydrogen-bond acceptors (Lipinski definition) is 6. The number of likely N-dealkylation sites (N-methyl/N-ethyl adjacent to an activating group) is 1. The van der Waals surface area contributed by atoms with Crippen LogP contribution in [-0.2, 0) is 11.3 Å². The van der Waals surface area contributed by atoms with Gasteiger partial charge in [0.1, 0.15) is 18.2 Å². The Bertz CT molecular complexity index is 437. The highest BCUT2D eigenvalue weighted by atomic mass is 16.5. The van der Waals surface area contributed by atoms with E-state index in [-0.39, 0.29) is 0 Å². The molecule has 0 aromatic carbocycles. The van der Waals surface area contributed by atoms with Gasteiger partial charge < -0.3 is 20.1 Å². The van der Waals surface area contributed by atoms with Gasteiger partial charge in [0.25, 0.3) is 0 Å². The Hall–Kier alpha value is -1.40. The minimum Gasteiger partial charge on any atom is -0.388 e. The van der Waals surface area contributed by atoms with Crippen LogP contribution in [0.3, 0.4) is 0 Å². The van der Waals surface area contributed by atoms with Gasteiger partial charge in [-0.2, -0.15) is 0 Å². The molecule has 0 saturated heterocycles. The predicted molar refractivity (Wildman–Crippen MR) is 83.6 cm³/mol. The fraction of sp³-hybridized carbons (Fsp3) is 0.733. The Morgan fingerprint density at radius 2 is 2.10 bits per heavy atom. The van der Waals surface area contributed by atoms with Crippen LogP contribution in [-0.4, -0.2) is 47.9 Å². The van der Waals surface area contributed by atoms with E-state index in [2.05, 4.69) is 15.3 Å². The van der Waals surface area contributed by atoms with Gasteiger partial charge in [0.05, 0.1) is 5.60 Å². The highest BCUT2D eigenvalue weighted by molar-refractivity contribution is 5.49. The highest BCUT2D eigenvalue weighted by Gasteiger charge is 2.32. The fourth-order valence-corrected chi connectivity index (χ4v) is 2.86. The molecule has 0 bridgehead atoms. The Balaban J connectivity index is 2.15. The maximum absolute atomic E-state index is 10.5. The van der Waals surface area contributed by atoms with Crippen LogP contribution in [0, 0.1) is 0 Å². The van der Waals surface area contributed by atoms with Crippen LogP contribution >= 0.6 is 0 Å². The lowest BCUT2D eigenvalue weighted by Crippen LogP contribution is -2.39. The van der Waals surface area contributed by atoms with Gasteiger partial charge in [-0.15, -0.1) is 0 Å². The summed E-state index contributed by atoms with van der Waals surface area (Å²) in [4.78, 5) is 10.9. The van der Waals surface area contributed by atoms with E-state index < -0.39 is 5.60 Å². The standard InChI is InChI=1S/C15H26N4O2/c1-4-16-12-9-14(18-13(17-12)10-21-3)19(2)11-15(20)7-5-6-8-15/h9,20H,4-8,10-11H2,1-3H3,(H,16,17,18). The van der Waals surface area contributed by atoms with Crippen LogP contribution in [0.1, 0.15) is 38.4 Å². The monoisotopic (exact) mass is 294 g/mol. The first-order chi connectivity index (χ1) is 10.1. The number of aromatic nitrogens is 2. The minimum absolute atomic E-state index is 0.379. The van der Waals surface area contributed by atoms with Crippen LogP contribution < -0.4 is 10.2 Å². The van der Waals surface area contributed by atoms with Crippen molar-refractivity contribution in [2.24, 2.45) is 0 Å². The molecule has 1 saturated carbocycles. The van der Waals surface area contributed by atoms with Crippen LogP contribution in [0.25, 0.3) is 0 Å². The zero-order valence-electron chi connectivity index (χ0n) is 13.2. The topological polar surface area (TPSA) is 70.5 Å². The van der Waals surface area contributed by atoms with Crippen LogP contribution in [0.5, 0.6) is 0 Å². The highest BCUT2D eigenvalue weighted by Crippen LogP contribution is 2.31. The molecular formula is C15H26N4O2. The van der Waals surface area contributed by atoms with Crippen molar-refractivity contribution in [1.29, 1.82) is 0 Å². The second-order valence-corrected chi connectivity index (χ2v) is 5.78. The molecule has 2 rings (SSSR count). The van der Waals surface area contributed by atoms with Crippen molar-refractivity contribution in [1.82, 2.24) is 9.97 Å². The summed E-state index contributed by atoms with van der Waals surface area (Å²) in [5.41, 5.74) is -0.584. The van der Waals surface area contributed by atoms with Gasteiger partial charge in [0.15, 0.2) is 5.82 Å². The number of hydrogen-bond donors (Lipinski definition) is 2. The smallest absolute Gasteiger partial charge is 0.158 e. The number of rotatable bonds is 7. The normalized spacial score (nSPS) is 17.0. The summed E-state index contributed by atoms with van der Waals surface area (Å²) >= 11 is 0. The van der Waals surface area contributed by atoms with Crippen molar-refractivity contribution < 1.29 is 9.84 Å². The van der Waals surface area contributed by atoms with E-state index in [9.17, 15) is 5.11 Å². The second kappa shape index (κ2) is 7.04. The Labute approximate surface area is 126 Å². The summed E-state index contributed by atoms with van der Waals surface area (Å²) < 4.78 is 5.13. The van der Waals surface area contributed by atoms with E-state index in [1.54, 1.807) is 7.11 Å². The van der Waals surface area contributed by atoms with Crippen LogP contribution in [0.2, 0.25) is 0 Å². The average molecular weight is 294 g/mol. The third kappa shape index (κ3) is 4.28. The molecule has 6 nitrogen and oxygen atoms in total. The third-order valence-corrected chi connectivity index (χ3v) is 3.85. The summed E-state index contributed by atoms with van der Waals surface area (Å²) in [6.07, 6.45) is 3.94. The molecule has 0 unspecified atom stereocenters. The zero-order valence-corrected chi connectivity index (χ0v) is 13.2. The predicted octanol–water partition coefficient (Wildman–Crippen LogP) is 1.80. The minimum atomic E-state index is -0.584. The van der Waals surface area contributed by atoms with Crippen LogP contribution in [0.15, 0.2) is 6.07 Å². The lowest BCUT2D eigenvalue weighted by molar-refractivity contribution is 0.0557.